The molecule has 3 unspecified atom stereocenters. The third-order valence-corrected chi connectivity index (χ3v) is 5.37. The van der Waals surface area contributed by atoms with Crippen LogP contribution < -0.4 is 14.8 Å². The molecule has 1 heterocycles. The van der Waals surface area contributed by atoms with Gasteiger partial charge in [0.2, 0.25) is 5.91 Å². The average Bonchev–Trinajstić information content (AvgIpc) is 3.26. The Morgan fingerprint density at radius 1 is 1.21 bits per heavy atom. The Balaban J connectivity index is 1.50. The molecule has 3 atom stereocenters. The largest absolute Gasteiger partial charge is 0.493 e. The number of benzene rings is 1. The normalized spacial score (nSPS) is 18.9. The summed E-state index contributed by atoms with van der Waals surface area (Å²) in [5, 5.41) is 3.04. The minimum Gasteiger partial charge on any atom is -0.493 e. The van der Waals surface area contributed by atoms with Gasteiger partial charge in [-0.2, -0.15) is 0 Å². The van der Waals surface area contributed by atoms with Crippen molar-refractivity contribution in [2.45, 2.75) is 45.1 Å². The van der Waals surface area contributed by atoms with Gasteiger partial charge in [0, 0.05) is 25.9 Å². The predicted molar refractivity (Wildman–Crippen MR) is 110 cm³/mol. The number of furan rings is 1. The summed E-state index contributed by atoms with van der Waals surface area (Å²) < 4.78 is 22.0. The molecule has 2 aromatic rings. The number of amides is 1. The zero-order chi connectivity index (χ0) is 20.8. The Morgan fingerprint density at radius 2 is 2.00 bits per heavy atom. The van der Waals surface area contributed by atoms with Gasteiger partial charge in [0.25, 0.3) is 0 Å². The second kappa shape index (κ2) is 9.83. The van der Waals surface area contributed by atoms with Crippen LogP contribution in [0.3, 0.4) is 0 Å². The summed E-state index contributed by atoms with van der Waals surface area (Å²) in [7, 11) is 3.23. The molecular weight excluding hydrogens is 370 g/mol. The molecule has 1 aromatic carbocycles. The van der Waals surface area contributed by atoms with E-state index in [1.807, 2.05) is 37.3 Å². The van der Waals surface area contributed by atoms with Gasteiger partial charge in [0.1, 0.15) is 18.1 Å². The van der Waals surface area contributed by atoms with Crippen molar-refractivity contribution in [2.75, 3.05) is 27.4 Å². The maximum atomic E-state index is 12.4. The number of hydrogen-bond acceptors (Lipinski definition) is 5. The summed E-state index contributed by atoms with van der Waals surface area (Å²) in [6.07, 6.45) is 2.20. The molecule has 1 aromatic heterocycles. The van der Waals surface area contributed by atoms with Crippen LogP contribution in [-0.2, 0) is 16.0 Å². The van der Waals surface area contributed by atoms with E-state index in [2.05, 4.69) is 12.2 Å². The van der Waals surface area contributed by atoms with Crippen molar-refractivity contribution < 1.29 is 23.4 Å². The summed E-state index contributed by atoms with van der Waals surface area (Å²) in [5.74, 6) is 4.50. The molecule has 1 fully saturated rings. The quantitative estimate of drug-likeness (QED) is 0.570. The topological polar surface area (TPSA) is 69.9 Å². The van der Waals surface area contributed by atoms with E-state index < -0.39 is 0 Å². The van der Waals surface area contributed by atoms with Gasteiger partial charge in [0.05, 0.1) is 19.8 Å². The van der Waals surface area contributed by atoms with E-state index in [1.54, 1.807) is 14.2 Å². The molecule has 3 rings (SSSR count). The second-order valence-corrected chi connectivity index (χ2v) is 7.66. The van der Waals surface area contributed by atoms with E-state index in [-0.39, 0.29) is 11.9 Å². The second-order valence-electron chi connectivity index (χ2n) is 7.66. The monoisotopic (exact) mass is 401 g/mol. The smallest absolute Gasteiger partial charge is 0.220 e. The number of methoxy groups -OCH3 is 2. The first-order valence-electron chi connectivity index (χ1n) is 10.2. The van der Waals surface area contributed by atoms with Crippen LogP contribution >= 0.6 is 0 Å². The Kier molecular flexibility index (Phi) is 7.20. The summed E-state index contributed by atoms with van der Waals surface area (Å²) in [6, 6.07) is 9.59. The molecule has 0 spiro atoms. The van der Waals surface area contributed by atoms with Gasteiger partial charge in [-0.1, -0.05) is 13.0 Å². The van der Waals surface area contributed by atoms with Crippen LogP contribution in [0.4, 0.5) is 0 Å². The Morgan fingerprint density at radius 3 is 2.69 bits per heavy atom. The standard InChI is InChI=1S/C23H31NO5/c1-15-13-19(15)20-9-6-18(29-20)7-10-23(25)24-16(2)17-5-8-21(22(14-17)27-4)28-12-11-26-3/h5-6,8-9,14-16,19H,7,10-13H2,1-4H3,(H,24,25). The maximum absolute atomic E-state index is 12.4. The number of hydrogen-bond donors (Lipinski definition) is 1. The van der Waals surface area contributed by atoms with Crippen LogP contribution in [0.1, 0.15) is 55.7 Å². The first-order chi connectivity index (χ1) is 14.0. The number of nitrogens with one attached hydrogen (secondary N) is 1. The van der Waals surface area contributed by atoms with Crippen molar-refractivity contribution in [1.82, 2.24) is 5.32 Å². The van der Waals surface area contributed by atoms with Gasteiger partial charge in [-0.15, -0.1) is 0 Å². The highest BCUT2D eigenvalue weighted by Gasteiger charge is 2.36. The van der Waals surface area contributed by atoms with Crippen LogP contribution in [0, 0.1) is 5.92 Å². The van der Waals surface area contributed by atoms with Crippen molar-refractivity contribution in [2.24, 2.45) is 5.92 Å². The predicted octanol–water partition coefficient (Wildman–Crippen LogP) is 4.25. The van der Waals surface area contributed by atoms with E-state index in [1.165, 1.54) is 6.42 Å². The molecule has 158 valence electrons. The average molecular weight is 402 g/mol. The first kappa shape index (κ1) is 21.2. The molecule has 6 nitrogen and oxygen atoms in total. The van der Waals surface area contributed by atoms with Crippen molar-refractivity contribution in [3.63, 3.8) is 0 Å². The van der Waals surface area contributed by atoms with Gasteiger partial charge in [-0.05, 0) is 49.1 Å². The molecule has 1 aliphatic carbocycles. The van der Waals surface area contributed by atoms with Crippen LogP contribution in [0.5, 0.6) is 11.5 Å². The first-order valence-corrected chi connectivity index (χ1v) is 10.2. The van der Waals surface area contributed by atoms with E-state index >= 15 is 0 Å². The van der Waals surface area contributed by atoms with Crippen LogP contribution in [0.2, 0.25) is 0 Å². The van der Waals surface area contributed by atoms with Gasteiger partial charge >= 0.3 is 0 Å². The number of carbonyl (C=O) groups excluding carboxylic acids is 1. The van der Waals surface area contributed by atoms with Crippen molar-refractivity contribution >= 4 is 5.91 Å². The van der Waals surface area contributed by atoms with E-state index in [0.717, 1.165) is 17.1 Å². The number of carbonyl (C=O) groups is 1. The molecule has 0 bridgehead atoms. The fourth-order valence-electron chi connectivity index (χ4n) is 3.39. The fourth-order valence-corrected chi connectivity index (χ4v) is 3.39. The fraction of sp³-hybridized carbons (Fsp3) is 0.522. The Hall–Kier alpha value is -2.47. The molecule has 0 saturated heterocycles. The van der Waals surface area contributed by atoms with Crippen molar-refractivity contribution in [3.05, 3.63) is 47.4 Å². The van der Waals surface area contributed by atoms with Crippen molar-refractivity contribution in [3.8, 4) is 11.5 Å². The van der Waals surface area contributed by atoms with Crippen LogP contribution in [0.25, 0.3) is 0 Å². The Bertz CT molecular complexity index is 815. The van der Waals surface area contributed by atoms with Crippen LogP contribution in [0.15, 0.2) is 34.7 Å². The third kappa shape index (κ3) is 5.76. The lowest BCUT2D eigenvalue weighted by Gasteiger charge is -2.17. The molecule has 0 radical (unpaired) electrons. The van der Waals surface area contributed by atoms with Crippen LogP contribution in [-0.4, -0.2) is 33.3 Å². The van der Waals surface area contributed by atoms with Gasteiger partial charge in [-0.3, -0.25) is 4.79 Å². The molecule has 29 heavy (non-hydrogen) atoms. The molecule has 1 N–H and O–H groups in total. The lowest BCUT2D eigenvalue weighted by atomic mass is 10.1. The molecule has 1 aliphatic rings. The summed E-state index contributed by atoms with van der Waals surface area (Å²) in [4.78, 5) is 12.4. The molecular formula is C23H31NO5. The zero-order valence-corrected chi connectivity index (χ0v) is 17.7. The lowest BCUT2D eigenvalue weighted by Crippen LogP contribution is -2.26. The number of rotatable bonds is 11. The minimum atomic E-state index is -0.135. The maximum Gasteiger partial charge on any atom is 0.220 e. The summed E-state index contributed by atoms with van der Waals surface area (Å²) >= 11 is 0. The van der Waals surface area contributed by atoms with E-state index in [4.69, 9.17) is 18.6 Å². The highest BCUT2D eigenvalue weighted by molar-refractivity contribution is 5.76. The van der Waals surface area contributed by atoms with Crippen molar-refractivity contribution in [1.29, 1.82) is 0 Å². The highest BCUT2D eigenvalue weighted by Crippen LogP contribution is 2.47. The summed E-state index contributed by atoms with van der Waals surface area (Å²) in [5.41, 5.74) is 0.956. The third-order valence-electron chi connectivity index (χ3n) is 5.37. The summed E-state index contributed by atoms with van der Waals surface area (Å²) in [6.45, 7) is 5.15. The Labute approximate surface area is 172 Å². The minimum absolute atomic E-state index is 0.00497. The van der Waals surface area contributed by atoms with Gasteiger partial charge in [-0.25, -0.2) is 0 Å². The van der Waals surface area contributed by atoms with Gasteiger partial charge < -0.3 is 23.9 Å². The lowest BCUT2D eigenvalue weighted by molar-refractivity contribution is -0.121. The highest BCUT2D eigenvalue weighted by atomic mass is 16.5. The van der Waals surface area contributed by atoms with E-state index in [9.17, 15) is 4.79 Å². The van der Waals surface area contributed by atoms with Gasteiger partial charge in [0.15, 0.2) is 11.5 Å². The molecule has 0 aliphatic heterocycles. The van der Waals surface area contributed by atoms with E-state index in [0.29, 0.717) is 49.4 Å². The SMILES string of the molecule is COCCOc1ccc(C(C)NC(=O)CCc2ccc(C3CC3C)o2)cc1OC. The molecule has 1 saturated carbocycles. The molecule has 6 heteroatoms. The molecule has 1 amide bonds. The number of ether oxygens (including phenoxy) is 3. The number of aryl methyl sites for hydroxylation is 1. The zero-order valence-electron chi connectivity index (χ0n) is 17.7.